The minimum absolute atomic E-state index is 0.534. The maximum absolute atomic E-state index is 5.23. The van der Waals surface area contributed by atoms with Gasteiger partial charge >= 0.3 is 0 Å². The summed E-state index contributed by atoms with van der Waals surface area (Å²) >= 11 is 0. The normalized spacial score (nSPS) is 24.2. The molecule has 7 heteroatoms. The first kappa shape index (κ1) is 14.4. The lowest BCUT2D eigenvalue weighted by atomic mass is 10.1. The summed E-state index contributed by atoms with van der Waals surface area (Å²) in [5, 5.41) is 4.27. The van der Waals surface area contributed by atoms with Crippen LogP contribution >= 0.6 is 0 Å². The van der Waals surface area contributed by atoms with E-state index in [2.05, 4.69) is 31.1 Å². The monoisotopic (exact) mass is 314 g/mol. The van der Waals surface area contributed by atoms with Crippen LogP contribution in [0.3, 0.4) is 0 Å². The molecule has 122 valence electrons. The average molecular weight is 314 g/mol. The fourth-order valence-corrected chi connectivity index (χ4v) is 3.94. The standard InChI is InChI=1S/C16H22N6O/c1-20-9-12(8-19-20)10-21-5-3-14-13(21)4-6-22(14)15-7-16(23-2)18-11-17-15/h7-9,11,13-14H,3-6,10H2,1-2H3/t13-,14+/m1/s1. The third kappa shape index (κ3) is 2.65. The van der Waals surface area contributed by atoms with E-state index >= 15 is 0 Å². The minimum atomic E-state index is 0.534. The number of hydrogen-bond acceptors (Lipinski definition) is 6. The first-order valence-corrected chi connectivity index (χ1v) is 8.09. The number of aryl methyl sites for hydroxylation is 1. The van der Waals surface area contributed by atoms with Gasteiger partial charge in [0.05, 0.1) is 13.3 Å². The average Bonchev–Trinajstić information content (AvgIpc) is 3.26. The molecule has 0 aliphatic carbocycles. The van der Waals surface area contributed by atoms with Gasteiger partial charge in [-0.2, -0.15) is 5.10 Å². The SMILES string of the molecule is COc1cc(N2CC[C@@H]3[C@@H]2CCN3Cc2cnn(C)c2)ncn1. The quantitative estimate of drug-likeness (QED) is 0.841. The van der Waals surface area contributed by atoms with E-state index in [1.807, 2.05) is 24.0 Å². The van der Waals surface area contributed by atoms with Crippen LogP contribution in [0.2, 0.25) is 0 Å². The molecule has 2 atom stereocenters. The van der Waals surface area contributed by atoms with Crippen molar-refractivity contribution in [2.75, 3.05) is 25.1 Å². The fourth-order valence-electron chi connectivity index (χ4n) is 3.94. The number of anilines is 1. The summed E-state index contributed by atoms with van der Waals surface area (Å²) in [6.07, 6.45) is 8.02. The van der Waals surface area contributed by atoms with E-state index in [1.54, 1.807) is 13.4 Å². The predicted molar refractivity (Wildman–Crippen MR) is 86.4 cm³/mol. The number of likely N-dealkylation sites (tertiary alicyclic amines) is 1. The Kier molecular flexibility index (Phi) is 3.65. The molecule has 4 rings (SSSR count). The van der Waals surface area contributed by atoms with Crippen LogP contribution in [-0.2, 0) is 13.6 Å². The zero-order chi connectivity index (χ0) is 15.8. The molecule has 0 bridgehead atoms. The molecule has 2 saturated heterocycles. The van der Waals surface area contributed by atoms with E-state index in [-0.39, 0.29) is 0 Å². The zero-order valence-corrected chi connectivity index (χ0v) is 13.6. The number of nitrogens with zero attached hydrogens (tertiary/aromatic N) is 6. The van der Waals surface area contributed by atoms with Gasteiger partial charge in [0.25, 0.3) is 0 Å². The van der Waals surface area contributed by atoms with Gasteiger partial charge < -0.3 is 9.64 Å². The lowest BCUT2D eigenvalue weighted by molar-refractivity contribution is 0.246. The summed E-state index contributed by atoms with van der Waals surface area (Å²) in [5.74, 6) is 1.61. The Morgan fingerprint density at radius 1 is 1.22 bits per heavy atom. The second-order valence-electron chi connectivity index (χ2n) is 6.32. The van der Waals surface area contributed by atoms with Crippen molar-refractivity contribution in [3.63, 3.8) is 0 Å². The Balaban J connectivity index is 1.48. The van der Waals surface area contributed by atoms with E-state index < -0.39 is 0 Å². The van der Waals surface area contributed by atoms with Crippen LogP contribution in [0.25, 0.3) is 0 Å². The highest BCUT2D eigenvalue weighted by Gasteiger charge is 2.42. The summed E-state index contributed by atoms with van der Waals surface area (Å²) in [6, 6.07) is 3.06. The van der Waals surface area contributed by atoms with Crippen molar-refractivity contribution in [1.29, 1.82) is 0 Å². The molecule has 0 radical (unpaired) electrons. The van der Waals surface area contributed by atoms with Crippen molar-refractivity contribution >= 4 is 5.82 Å². The summed E-state index contributed by atoms with van der Waals surface area (Å²) in [5.41, 5.74) is 1.29. The fraction of sp³-hybridized carbons (Fsp3) is 0.562. The molecule has 2 aliphatic heterocycles. The maximum atomic E-state index is 5.23. The van der Waals surface area contributed by atoms with Crippen molar-refractivity contribution in [1.82, 2.24) is 24.6 Å². The third-order valence-electron chi connectivity index (χ3n) is 4.97. The van der Waals surface area contributed by atoms with Crippen LogP contribution in [0.1, 0.15) is 18.4 Å². The molecule has 2 aromatic rings. The molecule has 2 aliphatic rings. The number of hydrogen-bond donors (Lipinski definition) is 0. The Bertz CT molecular complexity index is 687. The highest BCUT2D eigenvalue weighted by Crippen LogP contribution is 2.35. The highest BCUT2D eigenvalue weighted by atomic mass is 16.5. The summed E-state index contributed by atoms with van der Waals surface area (Å²) in [7, 11) is 3.61. The minimum Gasteiger partial charge on any atom is -0.481 e. The van der Waals surface area contributed by atoms with Gasteiger partial charge in [0.2, 0.25) is 5.88 Å². The van der Waals surface area contributed by atoms with Gasteiger partial charge in [0.15, 0.2) is 0 Å². The number of fused-ring (bicyclic) bond motifs is 1. The first-order chi connectivity index (χ1) is 11.2. The van der Waals surface area contributed by atoms with Crippen LogP contribution in [-0.4, -0.2) is 56.9 Å². The zero-order valence-electron chi connectivity index (χ0n) is 13.6. The second kappa shape index (κ2) is 5.81. The van der Waals surface area contributed by atoms with Crippen LogP contribution in [0, 0.1) is 0 Å². The van der Waals surface area contributed by atoms with Crippen LogP contribution in [0.5, 0.6) is 5.88 Å². The van der Waals surface area contributed by atoms with Crippen molar-refractivity contribution in [3.05, 3.63) is 30.4 Å². The van der Waals surface area contributed by atoms with Gasteiger partial charge in [0, 0.05) is 56.6 Å². The number of ether oxygens (including phenoxy) is 1. The first-order valence-electron chi connectivity index (χ1n) is 8.09. The second-order valence-corrected chi connectivity index (χ2v) is 6.32. The Morgan fingerprint density at radius 3 is 2.87 bits per heavy atom. The molecule has 0 aromatic carbocycles. The summed E-state index contributed by atoms with van der Waals surface area (Å²) in [4.78, 5) is 13.6. The Morgan fingerprint density at radius 2 is 2.09 bits per heavy atom. The van der Waals surface area contributed by atoms with Crippen molar-refractivity contribution in [2.45, 2.75) is 31.5 Å². The Labute approximate surface area is 135 Å². The third-order valence-corrected chi connectivity index (χ3v) is 4.97. The Hall–Kier alpha value is -2.15. The topological polar surface area (TPSA) is 59.3 Å². The van der Waals surface area contributed by atoms with Crippen molar-refractivity contribution in [2.24, 2.45) is 7.05 Å². The number of rotatable bonds is 4. The predicted octanol–water partition coefficient (Wildman–Crippen LogP) is 1.07. The molecule has 0 saturated carbocycles. The van der Waals surface area contributed by atoms with Gasteiger partial charge in [-0.1, -0.05) is 0 Å². The molecule has 2 fully saturated rings. The van der Waals surface area contributed by atoms with Gasteiger partial charge in [-0.25, -0.2) is 9.97 Å². The molecule has 7 nitrogen and oxygen atoms in total. The molecular formula is C16H22N6O. The molecule has 0 N–H and O–H groups in total. The van der Waals surface area contributed by atoms with E-state index in [0.29, 0.717) is 18.0 Å². The van der Waals surface area contributed by atoms with E-state index in [4.69, 9.17) is 4.74 Å². The number of aromatic nitrogens is 4. The van der Waals surface area contributed by atoms with Gasteiger partial charge in [-0.05, 0) is 12.8 Å². The van der Waals surface area contributed by atoms with E-state index in [0.717, 1.165) is 25.5 Å². The summed E-state index contributed by atoms with van der Waals surface area (Å²) < 4.78 is 7.10. The van der Waals surface area contributed by atoms with Crippen molar-refractivity contribution in [3.8, 4) is 5.88 Å². The maximum Gasteiger partial charge on any atom is 0.218 e. The van der Waals surface area contributed by atoms with E-state index in [1.165, 1.54) is 18.4 Å². The lowest BCUT2D eigenvalue weighted by Crippen LogP contribution is -2.36. The van der Waals surface area contributed by atoms with E-state index in [9.17, 15) is 0 Å². The van der Waals surface area contributed by atoms with Crippen molar-refractivity contribution < 1.29 is 4.74 Å². The molecular weight excluding hydrogens is 292 g/mol. The smallest absolute Gasteiger partial charge is 0.218 e. The molecule has 2 aromatic heterocycles. The van der Waals surface area contributed by atoms with Gasteiger partial charge in [0.1, 0.15) is 12.1 Å². The van der Waals surface area contributed by atoms with Crippen LogP contribution < -0.4 is 9.64 Å². The van der Waals surface area contributed by atoms with Gasteiger partial charge in [-0.15, -0.1) is 0 Å². The lowest BCUT2D eigenvalue weighted by Gasteiger charge is -2.26. The van der Waals surface area contributed by atoms with Crippen LogP contribution in [0.4, 0.5) is 5.82 Å². The largest absolute Gasteiger partial charge is 0.481 e. The molecule has 23 heavy (non-hydrogen) atoms. The van der Waals surface area contributed by atoms with Crippen LogP contribution in [0.15, 0.2) is 24.8 Å². The number of methoxy groups -OCH3 is 1. The molecule has 4 heterocycles. The van der Waals surface area contributed by atoms with Gasteiger partial charge in [-0.3, -0.25) is 9.58 Å². The highest BCUT2D eigenvalue weighted by molar-refractivity contribution is 5.44. The molecule has 0 spiro atoms. The summed E-state index contributed by atoms with van der Waals surface area (Å²) in [6.45, 7) is 3.15. The molecule has 0 unspecified atom stereocenters. The molecule has 0 amide bonds.